The molecule has 0 radical (unpaired) electrons. The van der Waals surface area contributed by atoms with E-state index in [0.717, 1.165) is 11.3 Å². The fourth-order valence-corrected chi connectivity index (χ4v) is 2.27. The second-order valence-electron chi connectivity index (χ2n) is 5.34. The fourth-order valence-electron chi connectivity index (χ4n) is 2.14. The summed E-state index contributed by atoms with van der Waals surface area (Å²) in [6, 6.07) is 10.5. The van der Waals surface area contributed by atoms with Gasteiger partial charge in [0.1, 0.15) is 5.69 Å². The average molecular weight is 335 g/mol. The second-order valence-corrected chi connectivity index (χ2v) is 5.77. The maximum absolute atomic E-state index is 11.9. The van der Waals surface area contributed by atoms with Crippen molar-refractivity contribution in [2.45, 2.75) is 19.9 Å². The SMILES string of the molecule is Cc1ccc(C(=O)OCC(=O)NC(C)c2ccc(Cl)cc2)n1C. The van der Waals surface area contributed by atoms with E-state index in [1.807, 2.05) is 32.0 Å². The monoisotopic (exact) mass is 334 g/mol. The third-order valence-corrected chi connectivity index (χ3v) is 3.92. The number of nitrogens with zero attached hydrogens (tertiary/aromatic N) is 1. The molecule has 0 aliphatic heterocycles. The molecule has 0 saturated heterocycles. The van der Waals surface area contributed by atoms with Crippen molar-refractivity contribution in [3.63, 3.8) is 0 Å². The van der Waals surface area contributed by atoms with Crippen LogP contribution in [0, 0.1) is 6.92 Å². The van der Waals surface area contributed by atoms with E-state index in [4.69, 9.17) is 16.3 Å². The summed E-state index contributed by atoms with van der Waals surface area (Å²) < 4.78 is 6.77. The van der Waals surface area contributed by atoms with Gasteiger partial charge in [-0.2, -0.15) is 0 Å². The number of ether oxygens (including phenoxy) is 1. The summed E-state index contributed by atoms with van der Waals surface area (Å²) >= 11 is 5.83. The standard InChI is InChI=1S/C17H19ClN2O3/c1-11-4-9-15(20(11)3)17(22)23-10-16(21)19-12(2)13-5-7-14(18)8-6-13/h4-9,12H,10H2,1-3H3,(H,19,21). The van der Waals surface area contributed by atoms with Crippen molar-refractivity contribution in [1.29, 1.82) is 0 Å². The highest BCUT2D eigenvalue weighted by molar-refractivity contribution is 6.30. The van der Waals surface area contributed by atoms with Gasteiger partial charge in [0.05, 0.1) is 6.04 Å². The van der Waals surface area contributed by atoms with Crippen LogP contribution in [-0.2, 0) is 16.6 Å². The van der Waals surface area contributed by atoms with Gasteiger partial charge in [0.2, 0.25) is 0 Å². The van der Waals surface area contributed by atoms with Crippen molar-refractivity contribution in [1.82, 2.24) is 9.88 Å². The number of aryl methyl sites for hydroxylation is 1. The van der Waals surface area contributed by atoms with Crippen molar-refractivity contribution in [3.05, 3.63) is 58.4 Å². The number of nitrogens with one attached hydrogen (secondary N) is 1. The smallest absolute Gasteiger partial charge is 0.355 e. The molecule has 5 nitrogen and oxygen atoms in total. The molecule has 1 aromatic heterocycles. The number of hydrogen-bond donors (Lipinski definition) is 1. The molecule has 2 aromatic rings. The molecule has 1 amide bonds. The minimum atomic E-state index is -0.519. The highest BCUT2D eigenvalue weighted by Gasteiger charge is 2.15. The molecule has 0 bridgehead atoms. The Balaban J connectivity index is 1.86. The van der Waals surface area contributed by atoms with Crippen molar-refractivity contribution in [3.8, 4) is 0 Å². The molecule has 23 heavy (non-hydrogen) atoms. The zero-order chi connectivity index (χ0) is 17.0. The Labute approximate surface area is 140 Å². The van der Waals surface area contributed by atoms with E-state index in [0.29, 0.717) is 10.7 Å². The number of rotatable bonds is 5. The molecule has 0 aliphatic rings. The van der Waals surface area contributed by atoms with Crippen LogP contribution in [0.15, 0.2) is 36.4 Å². The first-order chi connectivity index (χ1) is 10.9. The summed E-state index contributed by atoms with van der Waals surface area (Å²) in [6.45, 7) is 3.42. The number of esters is 1. The van der Waals surface area contributed by atoms with Crippen LogP contribution in [0.5, 0.6) is 0 Å². The number of hydrogen-bond acceptors (Lipinski definition) is 3. The summed E-state index contributed by atoms with van der Waals surface area (Å²) in [5.74, 6) is -0.873. The van der Waals surface area contributed by atoms with Crippen LogP contribution in [0.3, 0.4) is 0 Å². The van der Waals surface area contributed by atoms with Crippen molar-refractivity contribution >= 4 is 23.5 Å². The molecule has 1 heterocycles. The van der Waals surface area contributed by atoms with E-state index >= 15 is 0 Å². The summed E-state index contributed by atoms with van der Waals surface area (Å²) in [5.41, 5.74) is 2.28. The van der Waals surface area contributed by atoms with Crippen molar-refractivity contribution in [2.24, 2.45) is 7.05 Å². The van der Waals surface area contributed by atoms with E-state index in [1.54, 1.807) is 29.8 Å². The van der Waals surface area contributed by atoms with Gasteiger partial charge in [-0.05, 0) is 43.7 Å². The second kappa shape index (κ2) is 7.33. The van der Waals surface area contributed by atoms with Gasteiger partial charge in [0.25, 0.3) is 5.91 Å². The van der Waals surface area contributed by atoms with Gasteiger partial charge in [-0.3, -0.25) is 4.79 Å². The average Bonchev–Trinajstić information content (AvgIpc) is 2.85. The lowest BCUT2D eigenvalue weighted by molar-refractivity contribution is -0.124. The molecular weight excluding hydrogens is 316 g/mol. The quantitative estimate of drug-likeness (QED) is 0.855. The maximum atomic E-state index is 11.9. The number of benzene rings is 1. The predicted molar refractivity (Wildman–Crippen MR) is 88.4 cm³/mol. The van der Waals surface area contributed by atoms with Gasteiger partial charge in [-0.15, -0.1) is 0 Å². The molecule has 0 fully saturated rings. The zero-order valence-corrected chi connectivity index (χ0v) is 14.1. The Morgan fingerprint density at radius 1 is 1.22 bits per heavy atom. The third-order valence-electron chi connectivity index (χ3n) is 3.66. The number of amides is 1. The fraction of sp³-hybridized carbons (Fsp3) is 0.294. The summed E-state index contributed by atoms with van der Waals surface area (Å²) in [7, 11) is 1.77. The van der Waals surface area contributed by atoms with E-state index in [2.05, 4.69) is 5.32 Å². The number of carbonyl (C=O) groups is 2. The third kappa shape index (κ3) is 4.36. The van der Waals surface area contributed by atoms with Gasteiger partial charge < -0.3 is 14.6 Å². The van der Waals surface area contributed by atoms with Gasteiger partial charge in [0.15, 0.2) is 6.61 Å². The summed E-state index contributed by atoms with van der Waals surface area (Å²) in [4.78, 5) is 23.8. The molecule has 0 saturated carbocycles. The highest BCUT2D eigenvalue weighted by Crippen LogP contribution is 2.16. The van der Waals surface area contributed by atoms with Crippen LogP contribution in [0.4, 0.5) is 0 Å². The Hall–Kier alpha value is -2.27. The largest absolute Gasteiger partial charge is 0.451 e. The van der Waals surface area contributed by atoms with Crippen LogP contribution < -0.4 is 5.32 Å². The normalized spacial score (nSPS) is 11.8. The molecule has 2 rings (SSSR count). The first kappa shape index (κ1) is 17.1. The van der Waals surface area contributed by atoms with Crippen LogP contribution in [0.2, 0.25) is 5.02 Å². The zero-order valence-electron chi connectivity index (χ0n) is 13.3. The summed E-state index contributed by atoms with van der Waals surface area (Å²) in [5, 5.41) is 3.41. The van der Waals surface area contributed by atoms with Gasteiger partial charge in [0, 0.05) is 17.8 Å². The van der Waals surface area contributed by atoms with Crippen LogP contribution in [-0.4, -0.2) is 23.1 Å². The molecule has 1 atom stereocenters. The highest BCUT2D eigenvalue weighted by atomic mass is 35.5. The van der Waals surface area contributed by atoms with Crippen LogP contribution in [0.25, 0.3) is 0 Å². The van der Waals surface area contributed by atoms with E-state index in [9.17, 15) is 9.59 Å². The number of carbonyl (C=O) groups excluding carboxylic acids is 2. The van der Waals surface area contributed by atoms with E-state index in [1.165, 1.54) is 0 Å². The molecule has 1 N–H and O–H groups in total. The first-order valence-electron chi connectivity index (χ1n) is 7.22. The van der Waals surface area contributed by atoms with Crippen LogP contribution >= 0.6 is 11.6 Å². The minimum Gasteiger partial charge on any atom is -0.451 e. The predicted octanol–water partition coefficient (Wildman–Crippen LogP) is 3.02. The molecule has 122 valence electrons. The van der Waals surface area contributed by atoms with Crippen molar-refractivity contribution in [2.75, 3.05) is 6.61 Å². The Morgan fingerprint density at radius 3 is 2.43 bits per heavy atom. The number of aromatic nitrogens is 1. The minimum absolute atomic E-state index is 0.198. The first-order valence-corrected chi connectivity index (χ1v) is 7.60. The molecule has 1 unspecified atom stereocenters. The maximum Gasteiger partial charge on any atom is 0.355 e. The lowest BCUT2D eigenvalue weighted by Crippen LogP contribution is -2.31. The lowest BCUT2D eigenvalue weighted by atomic mass is 10.1. The molecular formula is C17H19ClN2O3. The number of halogens is 1. The Bertz CT molecular complexity index is 707. The lowest BCUT2D eigenvalue weighted by Gasteiger charge is -2.14. The molecule has 0 spiro atoms. The topological polar surface area (TPSA) is 60.3 Å². The molecule has 0 aliphatic carbocycles. The molecule has 1 aromatic carbocycles. The van der Waals surface area contributed by atoms with Gasteiger partial charge in [-0.1, -0.05) is 23.7 Å². The Morgan fingerprint density at radius 2 is 1.87 bits per heavy atom. The summed E-state index contributed by atoms with van der Waals surface area (Å²) in [6.07, 6.45) is 0. The van der Waals surface area contributed by atoms with Crippen molar-refractivity contribution < 1.29 is 14.3 Å². The van der Waals surface area contributed by atoms with Crippen LogP contribution in [0.1, 0.15) is 34.7 Å². The van der Waals surface area contributed by atoms with E-state index < -0.39 is 5.97 Å². The van der Waals surface area contributed by atoms with Gasteiger partial charge >= 0.3 is 5.97 Å². The van der Waals surface area contributed by atoms with Gasteiger partial charge in [-0.25, -0.2) is 4.79 Å². The Kier molecular flexibility index (Phi) is 5.45. The molecule has 6 heteroatoms. The van der Waals surface area contributed by atoms with E-state index in [-0.39, 0.29) is 18.6 Å².